The monoisotopic (exact) mass is 352 g/mol. The van der Waals surface area contributed by atoms with Crippen molar-refractivity contribution in [2.75, 3.05) is 0 Å². The fourth-order valence-electron chi connectivity index (χ4n) is 4.47. The fourth-order valence-corrected chi connectivity index (χ4v) is 4.47. The number of benzene rings is 2. The first kappa shape index (κ1) is 21.0. The molecule has 0 amide bonds. The summed E-state index contributed by atoms with van der Waals surface area (Å²) in [4.78, 5) is 0. The summed E-state index contributed by atoms with van der Waals surface area (Å²) < 4.78 is 0. The average Bonchev–Trinajstić information content (AvgIpc) is 2.64. The van der Waals surface area contributed by atoms with E-state index < -0.39 is 0 Å². The topological polar surface area (TPSA) is 0 Å². The highest BCUT2D eigenvalue weighted by Crippen LogP contribution is 2.36. The summed E-state index contributed by atoms with van der Waals surface area (Å²) in [5, 5.41) is 3.15. The van der Waals surface area contributed by atoms with Gasteiger partial charge in [0.15, 0.2) is 0 Å². The largest absolute Gasteiger partial charge is 0.0654 e. The zero-order valence-electron chi connectivity index (χ0n) is 18.0. The van der Waals surface area contributed by atoms with E-state index in [0.717, 1.165) is 0 Å². The number of rotatable bonds is 11. The lowest BCUT2D eigenvalue weighted by atomic mass is 9.81. The number of unbranched alkanes of at least 4 members (excludes halogenated alkanes) is 3. The summed E-state index contributed by atoms with van der Waals surface area (Å²) in [5.74, 6) is 0. The van der Waals surface area contributed by atoms with Crippen LogP contribution in [0.1, 0.15) is 100 Å². The molecular weight excluding hydrogens is 312 g/mol. The van der Waals surface area contributed by atoms with E-state index >= 15 is 0 Å². The van der Waals surface area contributed by atoms with Crippen LogP contribution in [0.25, 0.3) is 10.8 Å². The zero-order chi connectivity index (χ0) is 18.9. The molecule has 0 bridgehead atoms. The number of fused-ring (bicyclic) bond motifs is 1. The first-order valence-electron chi connectivity index (χ1n) is 11.2. The maximum atomic E-state index is 2.41. The summed E-state index contributed by atoms with van der Waals surface area (Å²) >= 11 is 0. The Bertz CT molecular complexity index is 693. The van der Waals surface area contributed by atoms with Gasteiger partial charge in [0, 0.05) is 0 Å². The minimum Gasteiger partial charge on any atom is -0.0654 e. The van der Waals surface area contributed by atoms with Crippen LogP contribution in [-0.4, -0.2) is 0 Å². The molecule has 0 unspecified atom stereocenters. The molecule has 0 heteroatoms. The van der Waals surface area contributed by atoms with Crippen LogP contribution in [-0.2, 0) is 25.7 Å². The second-order valence-corrected chi connectivity index (χ2v) is 7.97. The number of hydrogen-bond donors (Lipinski definition) is 0. The summed E-state index contributed by atoms with van der Waals surface area (Å²) in [6.07, 6.45) is 14.1. The Morgan fingerprint density at radius 1 is 0.577 bits per heavy atom. The molecule has 144 valence electrons. The second-order valence-electron chi connectivity index (χ2n) is 7.97. The maximum Gasteiger partial charge on any atom is -0.0117 e. The van der Waals surface area contributed by atoms with Gasteiger partial charge in [-0.1, -0.05) is 71.6 Å². The van der Waals surface area contributed by atoms with E-state index in [4.69, 9.17) is 0 Å². The molecule has 0 heterocycles. The highest BCUT2D eigenvalue weighted by Gasteiger charge is 2.19. The standard InChI is InChI=1S/C26H40/c1-6-10-16-21-22(17-11-7-2)24(14-9-4)26-20(5)15-13-19-25(26)23(21)18-12-8-3/h13,15,19H,6-12,14,16-18H2,1-5H3. The van der Waals surface area contributed by atoms with Gasteiger partial charge in [0.1, 0.15) is 0 Å². The molecule has 0 aliphatic heterocycles. The van der Waals surface area contributed by atoms with Gasteiger partial charge in [0.25, 0.3) is 0 Å². The summed E-state index contributed by atoms with van der Waals surface area (Å²) in [6, 6.07) is 7.00. The molecule has 26 heavy (non-hydrogen) atoms. The lowest BCUT2D eigenvalue weighted by Crippen LogP contribution is -2.08. The van der Waals surface area contributed by atoms with E-state index in [2.05, 4.69) is 52.8 Å². The fraction of sp³-hybridized carbons (Fsp3) is 0.615. The van der Waals surface area contributed by atoms with E-state index in [9.17, 15) is 0 Å². The molecule has 0 saturated carbocycles. The molecule has 0 spiro atoms. The lowest BCUT2D eigenvalue weighted by molar-refractivity contribution is 0.730. The predicted octanol–water partition coefficient (Wildman–Crippen LogP) is 8.13. The van der Waals surface area contributed by atoms with Gasteiger partial charge in [-0.15, -0.1) is 0 Å². The van der Waals surface area contributed by atoms with Crippen molar-refractivity contribution in [3.8, 4) is 0 Å². The number of aryl methyl sites for hydroxylation is 3. The Balaban J connectivity index is 2.79. The van der Waals surface area contributed by atoms with Gasteiger partial charge in [-0.05, 0) is 90.5 Å². The van der Waals surface area contributed by atoms with Crippen molar-refractivity contribution < 1.29 is 0 Å². The Kier molecular flexibility index (Phi) is 8.69. The highest BCUT2D eigenvalue weighted by molar-refractivity contribution is 5.93. The minimum absolute atomic E-state index is 1.23. The molecule has 0 aliphatic rings. The summed E-state index contributed by atoms with van der Waals surface area (Å²) in [7, 11) is 0. The van der Waals surface area contributed by atoms with E-state index in [1.54, 1.807) is 33.0 Å². The van der Waals surface area contributed by atoms with Gasteiger partial charge in [-0.25, -0.2) is 0 Å². The molecule has 0 radical (unpaired) electrons. The van der Waals surface area contributed by atoms with E-state index in [0.29, 0.717) is 0 Å². The molecule has 0 nitrogen and oxygen atoms in total. The Hall–Kier alpha value is -1.30. The first-order valence-corrected chi connectivity index (χ1v) is 11.2. The van der Waals surface area contributed by atoms with Crippen LogP contribution in [0.5, 0.6) is 0 Å². The van der Waals surface area contributed by atoms with Crippen molar-refractivity contribution in [3.05, 3.63) is 46.0 Å². The molecule has 0 atom stereocenters. The van der Waals surface area contributed by atoms with Crippen LogP contribution < -0.4 is 0 Å². The van der Waals surface area contributed by atoms with Gasteiger partial charge in [0.05, 0.1) is 0 Å². The van der Waals surface area contributed by atoms with Gasteiger partial charge in [0.2, 0.25) is 0 Å². The zero-order valence-corrected chi connectivity index (χ0v) is 18.0. The summed E-state index contributed by atoms with van der Waals surface area (Å²) in [6.45, 7) is 11.6. The van der Waals surface area contributed by atoms with Gasteiger partial charge in [-0.3, -0.25) is 0 Å². The molecule has 0 aromatic heterocycles. The predicted molar refractivity (Wildman–Crippen MR) is 119 cm³/mol. The van der Waals surface area contributed by atoms with Gasteiger partial charge >= 0.3 is 0 Å². The SMILES string of the molecule is CCCCc1c(CCCC)c(CCC)c2c(C)cccc2c1CCCC. The second kappa shape index (κ2) is 10.8. The number of hydrogen-bond acceptors (Lipinski definition) is 0. The molecule has 2 aromatic carbocycles. The van der Waals surface area contributed by atoms with Crippen LogP contribution >= 0.6 is 0 Å². The maximum absolute atomic E-state index is 2.41. The summed E-state index contributed by atoms with van der Waals surface area (Å²) in [5.41, 5.74) is 8.30. The van der Waals surface area contributed by atoms with Crippen LogP contribution in [0.3, 0.4) is 0 Å². The van der Waals surface area contributed by atoms with E-state index in [1.165, 1.54) is 76.2 Å². The minimum atomic E-state index is 1.23. The molecule has 0 saturated heterocycles. The molecule has 2 aromatic rings. The highest BCUT2D eigenvalue weighted by atomic mass is 14.2. The molecule has 0 N–H and O–H groups in total. The third-order valence-corrected chi connectivity index (χ3v) is 5.83. The third-order valence-electron chi connectivity index (χ3n) is 5.83. The van der Waals surface area contributed by atoms with E-state index in [1.807, 2.05) is 0 Å². The molecule has 0 aliphatic carbocycles. The van der Waals surface area contributed by atoms with Crippen LogP contribution in [0.2, 0.25) is 0 Å². The average molecular weight is 353 g/mol. The van der Waals surface area contributed by atoms with Crippen molar-refractivity contribution in [1.29, 1.82) is 0 Å². The Labute approximate surface area is 162 Å². The van der Waals surface area contributed by atoms with Crippen molar-refractivity contribution in [2.45, 2.75) is 105 Å². The van der Waals surface area contributed by atoms with Gasteiger partial charge < -0.3 is 0 Å². The van der Waals surface area contributed by atoms with Gasteiger partial charge in [-0.2, -0.15) is 0 Å². The van der Waals surface area contributed by atoms with Crippen LogP contribution in [0.15, 0.2) is 18.2 Å². The van der Waals surface area contributed by atoms with Crippen molar-refractivity contribution in [2.24, 2.45) is 0 Å². The van der Waals surface area contributed by atoms with Crippen molar-refractivity contribution in [3.63, 3.8) is 0 Å². The molecule has 2 rings (SSSR count). The van der Waals surface area contributed by atoms with Crippen LogP contribution in [0, 0.1) is 6.92 Å². The Morgan fingerprint density at radius 3 is 1.65 bits per heavy atom. The Morgan fingerprint density at radius 2 is 1.12 bits per heavy atom. The third kappa shape index (κ3) is 4.70. The molecule has 0 fully saturated rings. The smallest absolute Gasteiger partial charge is 0.0117 e. The van der Waals surface area contributed by atoms with Crippen molar-refractivity contribution >= 4 is 10.8 Å². The quantitative estimate of drug-likeness (QED) is 0.383. The first-order chi connectivity index (χ1) is 12.7. The normalized spacial score (nSPS) is 11.4. The van der Waals surface area contributed by atoms with Crippen LogP contribution in [0.4, 0.5) is 0 Å². The lowest BCUT2D eigenvalue weighted by Gasteiger charge is -2.24. The molecular formula is C26H40. The van der Waals surface area contributed by atoms with Crippen molar-refractivity contribution in [1.82, 2.24) is 0 Å². The van der Waals surface area contributed by atoms with E-state index in [-0.39, 0.29) is 0 Å².